The molecule has 0 spiro atoms. The maximum absolute atomic E-state index is 6.07. The summed E-state index contributed by atoms with van der Waals surface area (Å²) in [5.74, 6) is 0. The first-order valence-corrected chi connectivity index (χ1v) is 5.12. The van der Waals surface area contributed by atoms with Crippen molar-refractivity contribution in [3.8, 4) is 0 Å². The number of nitrogens with one attached hydrogen (secondary N) is 1. The number of benzene rings is 1. The summed E-state index contributed by atoms with van der Waals surface area (Å²) in [6, 6.07) is 6.77. The predicted octanol–water partition coefficient (Wildman–Crippen LogP) is 2.42. The van der Waals surface area contributed by atoms with Gasteiger partial charge in [0.15, 0.2) is 0 Å². The van der Waals surface area contributed by atoms with Gasteiger partial charge in [0, 0.05) is 22.6 Å². The molecule has 3 N–H and O–H groups in total. The van der Waals surface area contributed by atoms with E-state index in [0.717, 1.165) is 12.8 Å². The van der Waals surface area contributed by atoms with Gasteiger partial charge in [0.1, 0.15) is 0 Å². The number of H-pyrrole nitrogens is 1. The van der Waals surface area contributed by atoms with Crippen molar-refractivity contribution < 1.29 is 0 Å². The number of aryl methyl sites for hydroxylation is 2. The molecule has 1 aliphatic carbocycles. The Morgan fingerprint density at radius 1 is 1.43 bits per heavy atom. The maximum atomic E-state index is 6.07. The molecule has 0 bridgehead atoms. The molecule has 0 saturated carbocycles. The molecule has 1 heterocycles. The highest BCUT2D eigenvalue weighted by Crippen LogP contribution is 2.35. The van der Waals surface area contributed by atoms with Crippen LogP contribution in [0.3, 0.4) is 0 Å². The molecule has 1 unspecified atom stereocenters. The zero-order valence-corrected chi connectivity index (χ0v) is 8.30. The molecule has 1 aliphatic rings. The van der Waals surface area contributed by atoms with Crippen molar-refractivity contribution in [2.75, 3.05) is 0 Å². The van der Waals surface area contributed by atoms with Crippen LogP contribution < -0.4 is 5.73 Å². The number of hydrogen-bond acceptors (Lipinski definition) is 1. The Kier molecular flexibility index (Phi) is 1.50. The minimum Gasteiger partial charge on any atom is -0.358 e. The molecule has 1 aromatic heterocycles. The minimum absolute atomic E-state index is 0.237. The summed E-state index contributed by atoms with van der Waals surface area (Å²) in [5.41, 5.74) is 11.3. The highest BCUT2D eigenvalue weighted by atomic mass is 14.8. The zero-order chi connectivity index (χ0) is 9.71. The molecular weight excluding hydrogens is 172 g/mol. The fourth-order valence-corrected chi connectivity index (χ4v) is 2.45. The van der Waals surface area contributed by atoms with Crippen LogP contribution in [0, 0.1) is 6.92 Å². The summed E-state index contributed by atoms with van der Waals surface area (Å²) in [5, 5.41) is 1.32. The average molecular weight is 186 g/mol. The zero-order valence-electron chi connectivity index (χ0n) is 8.30. The Morgan fingerprint density at radius 2 is 2.29 bits per heavy atom. The quantitative estimate of drug-likeness (QED) is 0.652. The number of nitrogens with two attached hydrogens (primary N) is 1. The summed E-state index contributed by atoms with van der Waals surface area (Å²) in [6.07, 6.45) is 2.19. The third-order valence-electron chi connectivity index (χ3n) is 3.15. The molecule has 72 valence electrons. The van der Waals surface area contributed by atoms with E-state index in [1.165, 1.54) is 27.7 Å². The third kappa shape index (κ3) is 0.946. The smallest absolute Gasteiger partial charge is 0.0462 e. The monoisotopic (exact) mass is 186 g/mol. The van der Waals surface area contributed by atoms with E-state index in [9.17, 15) is 0 Å². The van der Waals surface area contributed by atoms with Gasteiger partial charge in [-0.15, -0.1) is 0 Å². The molecule has 0 amide bonds. The number of hydrogen-bond donors (Lipinski definition) is 2. The van der Waals surface area contributed by atoms with E-state index in [4.69, 9.17) is 5.73 Å². The highest BCUT2D eigenvalue weighted by molar-refractivity contribution is 5.86. The SMILES string of the molecule is Cc1ccc2c3c([nH]c2c1)CCC3N. The van der Waals surface area contributed by atoms with Crippen LogP contribution in [0.25, 0.3) is 10.9 Å². The Balaban J connectivity index is 2.36. The molecule has 2 heteroatoms. The molecule has 0 radical (unpaired) electrons. The van der Waals surface area contributed by atoms with Gasteiger partial charge in [0.25, 0.3) is 0 Å². The molecule has 1 atom stereocenters. The van der Waals surface area contributed by atoms with Crippen LogP contribution in [0.5, 0.6) is 0 Å². The van der Waals surface area contributed by atoms with Crippen molar-refractivity contribution >= 4 is 10.9 Å². The topological polar surface area (TPSA) is 41.8 Å². The van der Waals surface area contributed by atoms with Crippen LogP contribution in [0.1, 0.15) is 29.3 Å². The Hall–Kier alpha value is -1.28. The summed E-state index contributed by atoms with van der Waals surface area (Å²) in [7, 11) is 0. The van der Waals surface area contributed by atoms with Crippen LogP contribution in [0.15, 0.2) is 18.2 Å². The van der Waals surface area contributed by atoms with Crippen molar-refractivity contribution in [3.05, 3.63) is 35.0 Å². The van der Waals surface area contributed by atoms with Crippen LogP contribution in [-0.4, -0.2) is 4.98 Å². The first-order valence-electron chi connectivity index (χ1n) is 5.12. The molecule has 2 nitrogen and oxygen atoms in total. The normalized spacial score (nSPS) is 20.3. The second-order valence-corrected chi connectivity index (χ2v) is 4.21. The Morgan fingerprint density at radius 3 is 3.14 bits per heavy atom. The van der Waals surface area contributed by atoms with E-state index in [2.05, 4.69) is 30.1 Å². The van der Waals surface area contributed by atoms with Gasteiger partial charge in [0.2, 0.25) is 0 Å². The van der Waals surface area contributed by atoms with Gasteiger partial charge < -0.3 is 10.7 Å². The van der Waals surface area contributed by atoms with E-state index in [1.54, 1.807) is 0 Å². The number of fused-ring (bicyclic) bond motifs is 3. The van der Waals surface area contributed by atoms with Gasteiger partial charge in [-0.3, -0.25) is 0 Å². The fraction of sp³-hybridized carbons (Fsp3) is 0.333. The molecule has 2 aromatic rings. The minimum atomic E-state index is 0.237. The van der Waals surface area contributed by atoms with Crippen molar-refractivity contribution in [1.29, 1.82) is 0 Å². The highest BCUT2D eigenvalue weighted by Gasteiger charge is 2.23. The average Bonchev–Trinajstić information content (AvgIpc) is 2.66. The van der Waals surface area contributed by atoms with Gasteiger partial charge >= 0.3 is 0 Å². The van der Waals surface area contributed by atoms with E-state index < -0.39 is 0 Å². The Labute approximate surface area is 83.1 Å². The first kappa shape index (κ1) is 8.06. The van der Waals surface area contributed by atoms with Crippen molar-refractivity contribution in [2.24, 2.45) is 5.73 Å². The van der Waals surface area contributed by atoms with Gasteiger partial charge in [-0.2, -0.15) is 0 Å². The lowest BCUT2D eigenvalue weighted by Gasteiger charge is -2.02. The van der Waals surface area contributed by atoms with E-state index in [0.29, 0.717) is 0 Å². The summed E-state index contributed by atoms with van der Waals surface area (Å²) < 4.78 is 0. The number of aromatic nitrogens is 1. The van der Waals surface area contributed by atoms with Gasteiger partial charge in [-0.05, 0) is 37.0 Å². The van der Waals surface area contributed by atoms with Crippen molar-refractivity contribution in [1.82, 2.24) is 4.98 Å². The molecule has 1 aromatic carbocycles. The standard InChI is InChI=1S/C12H14N2/c1-7-2-3-8-11(6-7)14-10-5-4-9(13)12(8)10/h2-3,6,9,14H,4-5,13H2,1H3. The lowest BCUT2D eigenvalue weighted by molar-refractivity contribution is 0.714. The molecule has 14 heavy (non-hydrogen) atoms. The number of rotatable bonds is 0. The predicted molar refractivity (Wildman–Crippen MR) is 58.3 cm³/mol. The molecular formula is C12H14N2. The largest absolute Gasteiger partial charge is 0.358 e. The van der Waals surface area contributed by atoms with Crippen LogP contribution in [-0.2, 0) is 6.42 Å². The Bertz CT molecular complexity index is 496. The lowest BCUT2D eigenvalue weighted by atomic mass is 10.1. The molecule has 0 fully saturated rings. The number of aromatic amines is 1. The van der Waals surface area contributed by atoms with E-state index in [-0.39, 0.29) is 6.04 Å². The molecule has 0 saturated heterocycles. The van der Waals surface area contributed by atoms with Gasteiger partial charge in [0.05, 0.1) is 0 Å². The summed E-state index contributed by atoms with van der Waals surface area (Å²) >= 11 is 0. The maximum Gasteiger partial charge on any atom is 0.0462 e. The van der Waals surface area contributed by atoms with Gasteiger partial charge in [-0.1, -0.05) is 12.1 Å². The van der Waals surface area contributed by atoms with Crippen molar-refractivity contribution in [3.63, 3.8) is 0 Å². The second-order valence-electron chi connectivity index (χ2n) is 4.21. The van der Waals surface area contributed by atoms with Gasteiger partial charge in [-0.25, -0.2) is 0 Å². The van der Waals surface area contributed by atoms with Crippen molar-refractivity contribution in [2.45, 2.75) is 25.8 Å². The molecule has 0 aliphatic heterocycles. The van der Waals surface area contributed by atoms with Crippen LogP contribution in [0.2, 0.25) is 0 Å². The fourth-order valence-electron chi connectivity index (χ4n) is 2.45. The van der Waals surface area contributed by atoms with Crippen LogP contribution in [0.4, 0.5) is 0 Å². The van der Waals surface area contributed by atoms with E-state index >= 15 is 0 Å². The summed E-state index contributed by atoms with van der Waals surface area (Å²) in [4.78, 5) is 3.47. The van der Waals surface area contributed by atoms with Crippen LogP contribution >= 0.6 is 0 Å². The first-order chi connectivity index (χ1) is 6.75. The van der Waals surface area contributed by atoms with E-state index in [1.807, 2.05) is 0 Å². The third-order valence-corrected chi connectivity index (χ3v) is 3.15. The lowest BCUT2D eigenvalue weighted by Crippen LogP contribution is -2.04. The molecule has 3 rings (SSSR count). The summed E-state index contributed by atoms with van der Waals surface area (Å²) in [6.45, 7) is 2.12. The second kappa shape index (κ2) is 2.61.